The summed E-state index contributed by atoms with van der Waals surface area (Å²) in [4.78, 5) is 30.5. The molecule has 3 aliphatic rings. The Hall–Kier alpha value is -1.34. The van der Waals surface area contributed by atoms with E-state index in [1.54, 1.807) is 0 Å². The topological polar surface area (TPSA) is 65.1 Å². The number of likely N-dealkylation sites (tertiary alicyclic amines) is 3. The summed E-state index contributed by atoms with van der Waals surface area (Å²) in [6, 6.07) is -0.120. The van der Waals surface area contributed by atoms with Crippen LogP contribution in [0.4, 0.5) is 4.79 Å². The molecule has 7 heteroatoms. The smallest absolute Gasteiger partial charge is 0.317 e. The number of amides is 3. The predicted molar refractivity (Wildman–Crippen MR) is 100 cm³/mol. The van der Waals surface area contributed by atoms with Crippen molar-refractivity contribution < 1.29 is 14.3 Å². The van der Waals surface area contributed by atoms with Crippen LogP contribution in [0.2, 0.25) is 0 Å². The van der Waals surface area contributed by atoms with Gasteiger partial charge in [0.05, 0.1) is 19.3 Å². The van der Waals surface area contributed by atoms with Crippen molar-refractivity contribution in [3.05, 3.63) is 0 Å². The van der Waals surface area contributed by atoms with Crippen molar-refractivity contribution in [3.8, 4) is 0 Å². The number of carbonyl (C=O) groups is 2. The summed E-state index contributed by atoms with van der Waals surface area (Å²) < 4.78 is 5.99. The van der Waals surface area contributed by atoms with Gasteiger partial charge in [0.25, 0.3) is 0 Å². The second kappa shape index (κ2) is 10.1. The van der Waals surface area contributed by atoms with E-state index in [1.165, 1.54) is 32.4 Å². The van der Waals surface area contributed by atoms with Gasteiger partial charge in [0, 0.05) is 32.7 Å². The van der Waals surface area contributed by atoms with Gasteiger partial charge in [0.15, 0.2) is 0 Å². The highest BCUT2D eigenvalue weighted by atomic mass is 16.5. The van der Waals surface area contributed by atoms with E-state index in [0.29, 0.717) is 13.1 Å². The molecule has 0 spiro atoms. The van der Waals surface area contributed by atoms with E-state index in [-0.39, 0.29) is 24.6 Å². The third kappa shape index (κ3) is 5.84. The number of nitrogens with zero attached hydrogens (tertiary/aromatic N) is 3. The molecule has 3 fully saturated rings. The molecule has 3 amide bonds. The first kappa shape index (κ1) is 19.4. The van der Waals surface area contributed by atoms with Crippen molar-refractivity contribution in [2.24, 2.45) is 0 Å². The third-order valence-electron chi connectivity index (χ3n) is 5.79. The normalized spacial score (nSPS) is 22.6. The lowest BCUT2D eigenvalue weighted by Crippen LogP contribution is -2.49. The minimum atomic E-state index is -0.120. The lowest BCUT2D eigenvalue weighted by atomic mass is 10.1. The molecule has 0 unspecified atom stereocenters. The van der Waals surface area contributed by atoms with Crippen LogP contribution in [0.1, 0.15) is 44.9 Å². The van der Waals surface area contributed by atoms with Crippen LogP contribution in [-0.4, -0.2) is 91.7 Å². The number of carbonyl (C=O) groups excluding carboxylic acids is 2. The van der Waals surface area contributed by atoms with Crippen molar-refractivity contribution in [1.82, 2.24) is 20.0 Å². The molecule has 0 aromatic heterocycles. The Morgan fingerprint density at radius 2 is 1.50 bits per heavy atom. The van der Waals surface area contributed by atoms with Crippen LogP contribution >= 0.6 is 0 Å². The highest BCUT2D eigenvalue weighted by Crippen LogP contribution is 2.15. The molecule has 148 valence electrons. The molecule has 0 bridgehead atoms. The monoisotopic (exact) mass is 366 g/mol. The Labute approximate surface area is 157 Å². The number of hydrogen-bond acceptors (Lipinski definition) is 4. The molecule has 0 aromatic rings. The molecular weight excluding hydrogens is 332 g/mol. The summed E-state index contributed by atoms with van der Waals surface area (Å²) in [5.41, 5.74) is 0. The molecule has 0 saturated carbocycles. The van der Waals surface area contributed by atoms with Crippen LogP contribution in [0.3, 0.4) is 0 Å². The van der Waals surface area contributed by atoms with Crippen molar-refractivity contribution >= 4 is 11.9 Å². The number of nitrogens with one attached hydrogen (secondary N) is 1. The lowest BCUT2D eigenvalue weighted by Gasteiger charge is -2.32. The van der Waals surface area contributed by atoms with Gasteiger partial charge in [0.2, 0.25) is 5.91 Å². The molecule has 3 saturated heterocycles. The number of ether oxygens (including phenoxy) is 1. The first-order valence-electron chi connectivity index (χ1n) is 10.4. The Morgan fingerprint density at radius 3 is 2.19 bits per heavy atom. The molecular formula is C19H34N4O3. The molecule has 3 rings (SSSR count). The highest BCUT2D eigenvalue weighted by Gasteiger charge is 2.24. The largest absolute Gasteiger partial charge is 0.377 e. The van der Waals surface area contributed by atoms with Crippen molar-refractivity contribution in [2.75, 3.05) is 59.0 Å². The van der Waals surface area contributed by atoms with Crippen molar-refractivity contribution in [3.63, 3.8) is 0 Å². The van der Waals surface area contributed by atoms with Gasteiger partial charge in [-0.15, -0.1) is 0 Å². The summed E-state index contributed by atoms with van der Waals surface area (Å²) >= 11 is 0. The fourth-order valence-electron chi connectivity index (χ4n) is 4.10. The van der Waals surface area contributed by atoms with Gasteiger partial charge < -0.3 is 24.8 Å². The Balaban J connectivity index is 1.27. The van der Waals surface area contributed by atoms with Gasteiger partial charge in [0.1, 0.15) is 0 Å². The Kier molecular flexibility index (Phi) is 7.55. The Bertz CT molecular complexity index is 454. The maximum absolute atomic E-state index is 12.3. The van der Waals surface area contributed by atoms with E-state index in [1.807, 2.05) is 9.80 Å². The van der Waals surface area contributed by atoms with Crippen LogP contribution in [0, 0.1) is 0 Å². The van der Waals surface area contributed by atoms with Crippen LogP contribution in [0.5, 0.6) is 0 Å². The quantitative estimate of drug-likeness (QED) is 0.769. The van der Waals surface area contributed by atoms with E-state index in [4.69, 9.17) is 4.74 Å². The number of piperidine rings is 2. The summed E-state index contributed by atoms with van der Waals surface area (Å²) in [7, 11) is 0. The van der Waals surface area contributed by atoms with Crippen LogP contribution < -0.4 is 5.32 Å². The summed E-state index contributed by atoms with van der Waals surface area (Å²) in [5.74, 6) is 0.0400. The second-order valence-electron chi connectivity index (χ2n) is 7.71. The zero-order valence-corrected chi connectivity index (χ0v) is 16.0. The average molecular weight is 367 g/mol. The predicted octanol–water partition coefficient (Wildman–Crippen LogP) is 1.29. The molecule has 3 heterocycles. The summed E-state index contributed by atoms with van der Waals surface area (Å²) in [6.45, 7) is 7.42. The molecule has 0 radical (unpaired) electrons. The van der Waals surface area contributed by atoms with Gasteiger partial charge in [-0.25, -0.2) is 4.79 Å². The van der Waals surface area contributed by atoms with Gasteiger partial charge in [-0.05, 0) is 58.0 Å². The highest BCUT2D eigenvalue weighted by molar-refractivity contribution is 5.84. The average Bonchev–Trinajstić information content (AvgIpc) is 3.20. The standard InChI is InChI=1S/C19H34N4O3/c24-18(22-10-2-1-3-11-22)16-20-19(25)23-12-6-17(7-13-23)26-15-14-21-8-4-5-9-21/h17H,1-16H2,(H,20,25). The Morgan fingerprint density at radius 1 is 0.846 bits per heavy atom. The van der Waals surface area contributed by atoms with E-state index in [9.17, 15) is 9.59 Å². The molecule has 0 atom stereocenters. The molecule has 0 aliphatic carbocycles. The molecule has 1 N–H and O–H groups in total. The number of rotatable bonds is 6. The fourth-order valence-corrected chi connectivity index (χ4v) is 4.10. The van der Waals surface area contributed by atoms with Gasteiger partial charge in [-0.3, -0.25) is 4.79 Å². The summed E-state index contributed by atoms with van der Waals surface area (Å²) in [6.07, 6.45) is 8.00. The van der Waals surface area contributed by atoms with Crippen LogP contribution in [0.15, 0.2) is 0 Å². The SMILES string of the molecule is O=C(CNC(=O)N1CCC(OCCN2CCCC2)CC1)N1CCCCC1. The van der Waals surface area contributed by atoms with Crippen molar-refractivity contribution in [1.29, 1.82) is 0 Å². The van der Waals surface area contributed by atoms with E-state index in [0.717, 1.165) is 51.9 Å². The molecule has 26 heavy (non-hydrogen) atoms. The minimum Gasteiger partial charge on any atom is -0.377 e. The van der Waals surface area contributed by atoms with Crippen molar-refractivity contribution in [2.45, 2.75) is 51.0 Å². The van der Waals surface area contributed by atoms with Gasteiger partial charge in [-0.2, -0.15) is 0 Å². The lowest BCUT2D eigenvalue weighted by molar-refractivity contribution is -0.130. The van der Waals surface area contributed by atoms with Crippen LogP contribution in [0.25, 0.3) is 0 Å². The maximum Gasteiger partial charge on any atom is 0.317 e. The van der Waals surface area contributed by atoms with Crippen LogP contribution in [-0.2, 0) is 9.53 Å². The van der Waals surface area contributed by atoms with E-state index >= 15 is 0 Å². The zero-order valence-electron chi connectivity index (χ0n) is 16.0. The minimum absolute atomic E-state index is 0.0400. The number of urea groups is 1. The zero-order chi connectivity index (χ0) is 18.2. The van der Waals surface area contributed by atoms with E-state index in [2.05, 4.69) is 10.2 Å². The van der Waals surface area contributed by atoms with E-state index < -0.39 is 0 Å². The molecule has 7 nitrogen and oxygen atoms in total. The second-order valence-corrected chi connectivity index (χ2v) is 7.71. The molecule has 3 aliphatic heterocycles. The van der Waals surface area contributed by atoms with Gasteiger partial charge >= 0.3 is 6.03 Å². The molecule has 0 aromatic carbocycles. The van der Waals surface area contributed by atoms with Gasteiger partial charge in [-0.1, -0.05) is 0 Å². The maximum atomic E-state index is 12.3. The number of hydrogen-bond donors (Lipinski definition) is 1. The fraction of sp³-hybridized carbons (Fsp3) is 0.895. The third-order valence-corrected chi connectivity index (χ3v) is 5.79. The first-order chi connectivity index (χ1) is 12.7. The summed E-state index contributed by atoms with van der Waals surface area (Å²) in [5, 5.41) is 2.79. The first-order valence-corrected chi connectivity index (χ1v) is 10.4.